The van der Waals surface area contributed by atoms with Crippen molar-refractivity contribution in [1.29, 1.82) is 0 Å². The molecule has 3 heteroatoms. The highest BCUT2D eigenvalue weighted by molar-refractivity contribution is 6.57. The molecule has 3 nitrogen and oxygen atoms in total. The molecule has 0 bridgehead atoms. The van der Waals surface area contributed by atoms with Crippen molar-refractivity contribution in [3.8, 4) is 0 Å². The number of allylic oxidation sites excluding steroid dienone is 3. The zero-order valence-corrected chi connectivity index (χ0v) is 8.34. The first-order chi connectivity index (χ1) is 7.68. The lowest BCUT2D eigenvalue weighted by Crippen LogP contribution is -2.23. The van der Waals surface area contributed by atoms with Crippen molar-refractivity contribution < 1.29 is 14.4 Å². The van der Waals surface area contributed by atoms with E-state index < -0.39 is 17.3 Å². The first-order valence-electron chi connectivity index (χ1n) is 4.76. The van der Waals surface area contributed by atoms with Crippen molar-refractivity contribution in [2.45, 2.75) is 0 Å². The zero-order valence-electron chi connectivity index (χ0n) is 8.34. The standard InChI is InChI=1S/C13H8O3/c14-11-6-7-12(15)13(16)10(11)8-9-4-2-1-3-5-9/h1-8H/b10-8-. The van der Waals surface area contributed by atoms with Crippen LogP contribution in [-0.4, -0.2) is 17.3 Å². The zero-order chi connectivity index (χ0) is 11.5. The van der Waals surface area contributed by atoms with Crippen molar-refractivity contribution in [3.05, 3.63) is 53.6 Å². The molecule has 1 aliphatic carbocycles. The largest absolute Gasteiger partial charge is 0.289 e. The molecule has 0 radical (unpaired) electrons. The number of hydrogen-bond donors (Lipinski definition) is 0. The van der Waals surface area contributed by atoms with E-state index in [1.165, 1.54) is 6.08 Å². The van der Waals surface area contributed by atoms with E-state index in [0.29, 0.717) is 0 Å². The van der Waals surface area contributed by atoms with Gasteiger partial charge in [0.1, 0.15) is 0 Å². The summed E-state index contributed by atoms with van der Waals surface area (Å²) in [7, 11) is 0. The molecule has 0 atom stereocenters. The Morgan fingerprint density at radius 3 is 2.12 bits per heavy atom. The molecule has 0 spiro atoms. The van der Waals surface area contributed by atoms with Gasteiger partial charge in [-0.1, -0.05) is 30.3 Å². The Hall–Kier alpha value is -2.29. The van der Waals surface area contributed by atoms with Crippen molar-refractivity contribution in [3.63, 3.8) is 0 Å². The summed E-state index contributed by atoms with van der Waals surface area (Å²) in [6, 6.07) is 8.94. The van der Waals surface area contributed by atoms with Crippen LogP contribution in [0.5, 0.6) is 0 Å². The van der Waals surface area contributed by atoms with Crippen LogP contribution >= 0.6 is 0 Å². The molecule has 78 valence electrons. The summed E-state index contributed by atoms with van der Waals surface area (Å²) in [5, 5.41) is 0. The van der Waals surface area contributed by atoms with Gasteiger partial charge in [0.05, 0.1) is 5.57 Å². The molecule has 0 unspecified atom stereocenters. The Bertz CT molecular complexity index is 521. The third-order valence-corrected chi connectivity index (χ3v) is 2.23. The van der Waals surface area contributed by atoms with Crippen LogP contribution in [0.2, 0.25) is 0 Å². The number of carbonyl (C=O) groups excluding carboxylic acids is 3. The van der Waals surface area contributed by atoms with E-state index >= 15 is 0 Å². The van der Waals surface area contributed by atoms with Gasteiger partial charge in [-0.3, -0.25) is 14.4 Å². The summed E-state index contributed by atoms with van der Waals surface area (Å²) < 4.78 is 0. The summed E-state index contributed by atoms with van der Waals surface area (Å²) >= 11 is 0. The number of benzene rings is 1. The van der Waals surface area contributed by atoms with Crippen LogP contribution in [0.3, 0.4) is 0 Å². The third-order valence-electron chi connectivity index (χ3n) is 2.23. The fraction of sp³-hybridized carbons (Fsp3) is 0. The molecule has 0 aromatic heterocycles. The molecular formula is C13H8O3. The van der Waals surface area contributed by atoms with E-state index in [0.717, 1.165) is 17.7 Å². The van der Waals surface area contributed by atoms with Gasteiger partial charge < -0.3 is 0 Å². The molecule has 0 amide bonds. The Morgan fingerprint density at radius 2 is 1.44 bits per heavy atom. The van der Waals surface area contributed by atoms with Crippen LogP contribution in [0.25, 0.3) is 6.08 Å². The molecule has 0 saturated carbocycles. The van der Waals surface area contributed by atoms with E-state index in [1.54, 1.807) is 24.3 Å². The molecule has 0 heterocycles. The van der Waals surface area contributed by atoms with E-state index in [4.69, 9.17) is 0 Å². The monoisotopic (exact) mass is 212 g/mol. The minimum atomic E-state index is -0.739. The van der Waals surface area contributed by atoms with Gasteiger partial charge in [-0.15, -0.1) is 0 Å². The normalized spacial score (nSPS) is 18.2. The summed E-state index contributed by atoms with van der Waals surface area (Å²) in [4.78, 5) is 34.0. The minimum absolute atomic E-state index is 0.0706. The van der Waals surface area contributed by atoms with Crippen LogP contribution in [0.1, 0.15) is 5.56 Å². The van der Waals surface area contributed by atoms with E-state index in [-0.39, 0.29) is 5.57 Å². The van der Waals surface area contributed by atoms with Gasteiger partial charge in [0.2, 0.25) is 11.6 Å². The fourth-order valence-electron chi connectivity index (χ4n) is 1.41. The molecule has 0 fully saturated rings. The topological polar surface area (TPSA) is 51.2 Å². The second kappa shape index (κ2) is 4.06. The molecule has 2 rings (SSSR count). The minimum Gasteiger partial charge on any atom is -0.289 e. The first kappa shape index (κ1) is 10.2. The second-order valence-electron chi connectivity index (χ2n) is 3.36. The van der Waals surface area contributed by atoms with Crippen LogP contribution in [0.15, 0.2) is 48.1 Å². The lowest BCUT2D eigenvalue weighted by molar-refractivity contribution is -0.133. The lowest BCUT2D eigenvalue weighted by Gasteiger charge is -2.04. The molecule has 1 aliphatic rings. The summed E-state index contributed by atoms with van der Waals surface area (Å²) in [6.45, 7) is 0. The Balaban J connectivity index is 2.44. The van der Waals surface area contributed by atoms with Gasteiger partial charge in [0.25, 0.3) is 0 Å². The van der Waals surface area contributed by atoms with Crippen molar-refractivity contribution in [1.82, 2.24) is 0 Å². The molecular weight excluding hydrogens is 204 g/mol. The molecule has 1 aromatic rings. The fourth-order valence-corrected chi connectivity index (χ4v) is 1.41. The van der Waals surface area contributed by atoms with Gasteiger partial charge in [-0.2, -0.15) is 0 Å². The van der Waals surface area contributed by atoms with E-state index in [2.05, 4.69) is 0 Å². The van der Waals surface area contributed by atoms with Gasteiger partial charge >= 0.3 is 0 Å². The van der Waals surface area contributed by atoms with Gasteiger partial charge in [-0.05, 0) is 23.8 Å². The molecule has 0 saturated heterocycles. The van der Waals surface area contributed by atoms with E-state index in [1.807, 2.05) is 6.07 Å². The predicted octanol–water partition coefficient (Wildman–Crippen LogP) is 1.35. The summed E-state index contributed by atoms with van der Waals surface area (Å²) in [5.74, 6) is -1.81. The highest BCUT2D eigenvalue weighted by Crippen LogP contribution is 2.13. The predicted molar refractivity (Wildman–Crippen MR) is 58.6 cm³/mol. The number of rotatable bonds is 1. The van der Waals surface area contributed by atoms with Gasteiger partial charge in [-0.25, -0.2) is 0 Å². The second-order valence-corrected chi connectivity index (χ2v) is 3.36. The number of hydrogen-bond acceptors (Lipinski definition) is 3. The van der Waals surface area contributed by atoms with Gasteiger partial charge in [0.15, 0.2) is 5.78 Å². The Kier molecular flexibility index (Phi) is 2.60. The van der Waals surface area contributed by atoms with Crippen molar-refractivity contribution in [2.75, 3.05) is 0 Å². The average Bonchev–Trinajstić information content (AvgIpc) is 2.31. The first-order valence-corrected chi connectivity index (χ1v) is 4.76. The highest BCUT2D eigenvalue weighted by Gasteiger charge is 2.25. The SMILES string of the molecule is O=C1C=CC(=O)/C(=C/c2ccccc2)C1=O. The smallest absolute Gasteiger partial charge is 0.236 e. The van der Waals surface area contributed by atoms with Crippen LogP contribution < -0.4 is 0 Å². The maximum absolute atomic E-state index is 11.5. The van der Waals surface area contributed by atoms with Gasteiger partial charge in [0, 0.05) is 0 Å². The molecule has 0 aliphatic heterocycles. The van der Waals surface area contributed by atoms with Crippen LogP contribution in [-0.2, 0) is 14.4 Å². The Labute approximate surface area is 92.1 Å². The maximum atomic E-state index is 11.5. The number of Topliss-reactive ketones (excluding diaryl/α,β-unsaturated/α-hetero) is 1. The quantitative estimate of drug-likeness (QED) is 0.401. The molecule has 16 heavy (non-hydrogen) atoms. The van der Waals surface area contributed by atoms with Crippen molar-refractivity contribution in [2.24, 2.45) is 0 Å². The summed E-state index contributed by atoms with van der Waals surface area (Å²) in [6.07, 6.45) is 3.57. The highest BCUT2D eigenvalue weighted by atomic mass is 16.2. The van der Waals surface area contributed by atoms with Crippen molar-refractivity contribution >= 4 is 23.4 Å². The van der Waals surface area contributed by atoms with Crippen LogP contribution in [0.4, 0.5) is 0 Å². The number of ketones is 3. The van der Waals surface area contributed by atoms with E-state index in [9.17, 15) is 14.4 Å². The maximum Gasteiger partial charge on any atom is 0.236 e. The average molecular weight is 212 g/mol. The molecule has 1 aromatic carbocycles. The van der Waals surface area contributed by atoms with Crippen LogP contribution in [0, 0.1) is 0 Å². The molecule has 0 N–H and O–H groups in total. The summed E-state index contributed by atoms with van der Waals surface area (Å²) in [5.41, 5.74) is 0.654. The number of carbonyl (C=O) groups is 3. The Morgan fingerprint density at radius 1 is 0.812 bits per heavy atom. The lowest BCUT2D eigenvalue weighted by atomic mass is 9.95. The third kappa shape index (κ3) is 1.88.